The van der Waals surface area contributed by atoms with Crippen molar-refractivity contribution in [2.45, 2.75) is 6.10 Å². The molecule has 1 rings (SSSR count). The summed E-state index contributed by atoms with van der Waals surface area (Å²) in [7, 11) is 2.00. The second-order valence-corrected chi connectivity index (χ2v) is 2.61. The predicted molar refractivity (Wildman–Crippen MR) is 39.0 cm³/mol. The fraction of sp³-hybridized carbons (Fsp3) is 0.714. The Bertz CT molecular complexity index is 136. The second-order valence-electron chi connectivity index (χ2n) is 2.61. The van der Waals surface area contributed by atoms with E-state index in [4.69, 9.17) is 9.84 Å². The van der Waals surface area contributed by atoms with Crippen LogP contribution in [0.25, 0.3) is 0 Å². The lowest BCUT2D eigenvalue weighted by molar-refractivity contribution is -0.0180. The molecule has 0 aliphatic carbocycles. The molecule has 0 aromatic rings. The summed E-state index contributed by atoms with van der Waals surface area (Å²) in [6, 6.07) is 0. The Morgan fingerprint density at radius 1 is 1.80 bits per heavy atom. The van der Waals surface area contributed by atoms with Crippen LogP contribution in [0.4, 0.5) is 0 Å². The third-order valence-corrected chi connectivity index (χ3v) is 1.64. The number of morpholine rings is 1. The van der Waals surface area contributed by atoms with Gasteiger partial charge in [0.25, 0.3) is 0 Å². The van der Waals surface area contributed by atoms with Crippen LogP contribution >= 0.6 is 0 Å². The molecule has 1 saturated heterocycles. The molecular formula is C7H13NO2. The van der Waals surface area contributed by atoms with Crippen LogP contribution in [0.15, 0.2) is 12.3 Å². The molecule has 0 saturated carbocycles. The number of rotatable bonds is 1. The smallest absolute Gasteiger partial charge is 0.126 e. The number of aliphatic hydroxyl groups is 1. The highest BCUT2D eigenvalue weighted by molar-refractivity contribution is 4.93. The third-order valence-electron chi connectivity index (χ3n) is 1.64. The van der Waals surface area contributed by atoms with Gasteiger partial charge in [0, 0.05) is 13.1 Å². The second kappa shape index (κ2) is 3.03. The van der Waals surface area contributed by atoms with Crippen LogP contribution in [-0.4, -0.2) is 42.9 Å². The molecule has 1 heterocycles. The highest BCUT2D eigenvalue weighted by Gasteiger charge is 2.19. The van der Waals surface area contributed by atoms with E-state index in [-0.39, 0.29) is 11.9 Å². The average molecular weight is 143 g/mol. The largest absolute Gasteiger partial charge is 0.510 e. The van der Waals surface area contributed by atoms with Crippen LogP contribution < -0.4 is 0 Å². The van der Waals surface area contributed by atoms with Crippen LogP contribution in [0, 0.1) is 0 Å². The monoisotopic (exact) mass is 143 g/mol. The van der Waals surface area contributed by atoms with Gasteiger partial charge in [0.1, 0.15) is 11.9 Å². The van der Waals surface area contributed by atoms with E-state index in [9.17, 15) is 0 Å². The molecule has 0 aromatic carbocycles. The van der Waals surface area contributed by atoms with Crippen molar-refractivity contribution in [3.8, 4) is 0 Å². The van der Waals surface area contributed by atoms with Crippen LogP contribution in [0.2, 0.25) is 0 Å². The first kappa shape index (κ1) is 7.57. The molecule has 3 heteroatoms. The Balaban J connectivity index is 2.39. The lowest BCUT2D eigenvalue weighted by Gasteiger charge is -2.29. The van der Waals surface area contributed by atoms with Gasteiger partial charge in [0.15, 0.2) is 0 Å². The Morgan fingerprint density at radius 2 is 2.50 bits per heavy atom. The maximum atomic E-state index is 8.95. The van der Waals surface area contributed by atoms with Gasteiger partial charge in [-0.15, -0.1) is 0 Å². The molecule has 0 spiro atoms. The standard InChI is InChI=1S/C7H13NO2/c1-6(9)7-5-8(2)3-4-10-7/h7,9H,1,3-5H2,2H3. The molecule has 1 unspecified atom stereocenters. The van der Waals surface area contributed by atoms with Crippen molar-refractivity contribution < 1.29 is 9.84 Å². The summed E-state index contributed by atoms with van der Waals surface area (Å²) < 4.78 is 5.22. The summed E-state index contributed by atoms with van der Waals surface area (Å²) in [5.74, 6) is 0.131. The van der Waals surface area contributed by atoms with E-state index in [1.54, 1.807) is 0 Å². The lowest BCUT2D eigenvalue weighted by atomic mass is 10.2. The fourth-order valence-corrected chi connectivity index (χ4v) is 0.979. The van der Waals surface area contributed by atoms with Gasteiger partial charge < -0.3 is 14.7 Å². The normalized spacial score (nSPS) is 28.3. The van der Waals surface area contributed by atoms with E-state index in [2.05, 4.69) is 11.5 Å². The van der Waals surface area contributed by atoms with Crippen molar-refractivity contribution in [3.05, 3.63) is 12.3 Å². The van der Waals surface area contributed by atoms with Gasteiger partial charge in [-0.05, 0) is 7.05 Å². The van der Waals surface area contributed by atoms with Crippen LogP contribution in [-0.2, 0) is 4.74 Å². The van der Waals surface area contributed by atoms with Crippen LogP contribution in [0.1, 0.15) is 0 Å². The van der Waals surface area contributed by atoms with Crippen molar-refractivity contribution >= 4 is 0 Å². The third kappa shape index (κ3) is 1.72. The average Bonchev–Trinajstić information content (AvgIpc) is 1.88. The van der Waals surface area contributed by atoms with E-state index in [1.807, 2.05) is 7.05 Å². The molecule has 0 amide bonds. The minimum atomic E-state index is -0.182. The van der Waals surface area contributed by atoms with Gasteiger partial charge in [-0.1, -0.05) is 6.58 Å². The Labute approximate surface area is 60.9 Å². The molecule has 1 N–H and O–H groups in total. The van der Waals surface area contributed by atoms with Crippen LogP contribution in [0.3, 0.4) is 0 Å². The van der Waals surface area contributed by atoms with Crippen molar-refractivity contribution in [3.63, 3.8) is 0 Å². The number of hydrogen-bond donors (Lipinski definition) is 1. The van der Waals surface area contributed by atoms with Gasteiger partial charge in [0.2, 0.25) is 0 Å². The van der Waals surface area contributed by atoms with E-state index in [0.717, 1.165) is 13.1 Å². The maximum Gasteiger partial charge on any atom is 0.126 e. The Hall–Kier alpha value is -0.540. The number of likely N-dealkylation sites (N-methyl/N-ethyl adjacent to an activating group) is 1. The van der Waals surface area contributed by atoms with Crippen LogP contribution in [0.5, 0.6) is 0 Å². The fourth-order valence-electron chi connectivity index (χ4n) is 0.979. The van der Waals surface area contributed by atoms with E-state index >= 15 is 0 Å². The molecular weight excluding hydrogens is 130 g/mol. The molecule has 10 heavy (non-hydrogen) atoms. The summed E-state index contributed by atoms with van der Waals surface area (Å²) in [6.45, 7) is 5.78. The number of nitrogens with zero attached hydrogens (tertiary/aromatic N) is 1. The van der Waals surface area contributed by atoms with E-state index < -0.39 is 0 Å². The first-order valence-corrected chi connectivity index (χ1v) is 3.38. The molecule has 0 aromatic heterocycles. The number of ether oxygens (including phenoxy) is 1. The topological polar surface area (TPSA) is 32.7 Å². The SMILES string of the molecule is C=C(O)C1CN(C)CCO1. The summed E-state index contributed by atoms with van der Waals surface area (Å²) in [4.78, 5) is 2.11. The molecule has 58 valence electrons. The molecule has 1 aliphatic heterocycles. The van der Waals surface area contributed by atoms with E-state index in [1.165, 1.54) is 0 Å². The molecule has 0 bridgehead atoms. The molecule has 1 aliphatic rings. The number of hydrogen-bond acceptors (Lipinski definition) is 3. The maximum absolute atomic E-state index is 8.95. The lowest BCUT2D eigenvalue weighted by Crippen LogP contribution is -2.40. The molecule has 0 radical (unpaired) electrons. The van der Waals surface area contributed by atoms with Crippen molar-refractivity contribution in [1.29, 1.82) is 0 Å². The first-order valence-electron chi connectivity index (χ1n) is 3.38. The number of aliphatic hydroxyl groups excluding tert-OH is 1. The van der Waals surface area contributed by atoms with E-state index in [0.29, 0.717) is 6.61 Å². The highest BCUT2D eigenvalue weighted by atomic mass is 16.5. The molecule has 3 nitrogen and oxygen atoms in total. The Kier molecular flexibility index (Phi) is 2.29. The summed E-state index contributed by atoms with van der Waals surface area (Å²) in [5, 5.41) is 8.95. The predicted octanol–water partition coefficient (Wildman–Crippen LogP) is 0.389. The van der Waals surface area contributed by atoms with Crippen molar-refractivity contribution in [1.82, 2.24) is 4.90 Å². The minimum Gasteiger partial charge on any atom is -0.510 e. The molecule has 1 atom stereocenters. The zero-order valence-corrected chi connectivity index (χ0v) is 6.21. The minimum absolute atomic E-state index is 0.131. The van der Waals surface area contributed by atoms with Crippen molar-refractivity contribution in [2.75, 3.05) is 26.7 Å². The van der Waals surface area contributed by atoms with Crippen molar-refractivity contribution in [2.24, 2.45) is 0 Å². The van der Waals surface area contributed by atoms with Gasteiger partial charge in [-0.3, -0.25) is 0 Å². The van der Waals surface area contributed by atoms with Gasteiger partial charge in [0.05, 0.1) is 6.61 Å². The quantitative estimate of drug-likeness (QED) is 0.539. The zero-order valence-electron chi connectivity index (χ0n) is 6.21. The van der Waals surface area contributed by atoms with Gasteiger partial charge in [-0.25, -0.2) is 0 Å². The molecule has 1 fully saturated rings. The summed E-state index contributed by atoms with van der Waals surface area (Å²) in [5.41, 5.74) is 0. The van der Waals surface area contributed by atoms with Gasteiger partial charge in [-0.2, -0.15) is 0 Å². The summed E-state index contributed by atoms with van der Waals surface area (Å²) >= 11 is 0. The zero-order chi connectivity index (χ0) is 7.56. The summed E-state index contributed by atoms with van der Waals surface area (Å²) in [6.07, 6.45) is -0.182. The van der Waals surface area contributed by atoms with Gasteiger partial charge >= 0.3 is 0 Å². The highest BCUT2D eigenvalue weighted by Crippen LogP contribution is 2.07. The first-order chi connectivity index (χ1) is 4.70. The Morgan fingerprint density at radius 3 is 2.90 bits per heavy atom.